The van der Waals surface area contributed by atoms with Crippen molar-refractivity contribution in [1.82, 2.24) is 23.7 Å². The number of hydrogen-bond acceptors (Lipinski definition) is 2. The van der Waals surface area contributed by atoms with Crippen LogP contribution in [0.5, 0.6) is 0 Å². The highest BCUT2D eigenvalue weighted by molar-refractivity contribution is 6.26. The minimum atomic E-state index is 0.690. The predicted octanol–water partition coefficient (Wildman–Crippen LogP) is 14.8. The van der Waals surface area contributed by atoms with Crippen molar-refractivity contribution in [3.8, 4) is 51.0 Å². The van der Waals surface area contributed by atoms with E-state index >= 15 is 0 Å². The molecule has 0 N–H and O–H groups in total. The Bertz CT molecular complexity index is 3810. The van der Waals surface area contributed by atoms with Gasteiger partial charge in [0.15, 0.2) is 5.82 Å². The Balaban J connectivity index is 1.08. The molecular weight excluding hydrogens is 767 g/mol. The summed E-state index contributed by atoms with van der Waals surface area (Å²) in [5, 5.41) is 7.28. The molecule has 294 valence electrons. The molecule has 0 unspecified atom stereocenters. The van der Waals surface area contributed by atoms with Crippen LogP contribution in [0.4, 0.5) is 0 Å². The van der Waals surface area contributed by atoms with Crippen LogP contribution in [-0.2, 0) is 0 Å². The molecule has 0 aliphatic heterocycles. The van der Waals surface area contributed by atoms with E-state index in [0.29, 0.717) is 5.82 Å². The molecule has 0 radical (unpaired) electrons. The van der Waals surface area contributed by atoms with Crippen molar-refractivity contribution < 1.29 is 0 Å². The van der Waals surface area contributed by atoms with Crippen molar-refractivity contribution in [1.29, 1.82) is 0 Å². The highest BCUT2D eigenvalue weighted by Crippen LogP contribution is 2.44. The van der Waals surface area contributed by atoms with E-state index in [1.165, 1.54) is 54.4 Å². The van der Waals surface area contributed by atoms with E-state index < -0.39 is 0 Å². The normalized spacial score (nSPS) is 11.8. The number of fused-ring (bicyclic) bond motifs is 10. The van der Waals surface area contributed by atoms with Gasteiger partial charge >= 0.3 is 0 Å². The first-order chi connectivity index (χ1) is 31.3. The number of nitrogens with zero attached hydrogens (tertiary/aromatic N) is 5. The van der Waals surface area contributed by atoms with Gasteiger partial charge in [0.25, 0.3) is 0 Å². The maximum Gasteiger partial charge on any atom is 0.160 e. The first-order valence-corrected chi connectivity index (χ1v) is 21.4. The average Bonchev–Trinajstić information content (AvgIpc) is 3.99. The largest absolute Gasteiger partial charge is 0.309 e. The van der Waals surface area contributed by atoms with Gasteiger partial charge in [0.1, 0.15) is 0 Å². The molecule has 13 aromatic rings. The van der Waals surface area contributed by atoms with Crippen LogP contribution in [0.1, 0.15) is 0 Å². The fraction of sp³-hybridized carbons (Fsp3) is 0. The standard InChI is InChI=1S/C58H37N5/c1-5-17-38(18-6-1)50-37-51(39-19-7-2-8-20-39)60-58(59-50)40-29-31-43(32-30-40)62-53-28-16-13-25-44(53)46-33-34-47-49-36-54-48(35-55(49)63(57(47)56(46)62)42-23-11-4-12-24-42)45-26-14-15-27-52(45)61(54)41-21-9-3-10-22-41/h1-37H. The van der Waals surface area contributed by atoms with Crippen LogP contribution >= 0.6 is 0 Å². The summed E-state index contributed by atoms with van der Waals surface area (Å²) >= 11 is 0. The molecule has 4 heterocycles. The highest BCUT2D eigenvalue weighted by atomic mass is 15.0. The van der Waals surface area contributed by atoms with E-state index in [2.05, 4.69) is 226 Å². The first kappa shape index (κ1) is 35.2. The molecule has 0 saturated carbocycles. The SMILES string of the molecule is c1ccc(-c2cc(-c3ccccc3)nc(-c3ccc(-n4c5ccccc5c5ccc6c7cc8c(cc7n(-c7ccccc7)c6c54)c4ccccc4n8-c4ccccc4)cc3)n2)cc1. The lowest BCUT2D eigenvalue weighted by Gasteiger charge is -2.13. The Morgan fingerprint density at radius 3 is 1.22 bits per heavy atom. The second-order valence-electron chi connectivity index (χ2n) is 16.2. The predicted molar refractivity (Wildman–Crippen MR) is 261 cm³/mol. The Morgan fingerprint density at radius 1 is 0.254 bits per heavy atom. The Kier molecular flexibility index (Phi) is 7.84. The van der Waals surface area contributed by atoms with Crippen molar-refractivity contribution in [3.63, 3.8) is 0 Å². The van der Waals surface area contributed by atoms with Crippen molar-refractivity contribution in [2.45, 2.75) is 0 Å². The van der Waals surface area contributed by atoms with E-state index in [4.69, 9.17) is 9.97 Å². The topological polar surface area (TPSA) is 40.6 Å². The van der Waals surface area contributed by atoms with Gasteiger partial charge in [-0.15, -0.1) is 0 Å². The van der Waals surface area contributed by atoms with Crippen LogP contribution in [0.3, 0.4) is 0 Å². The van der Waals surface area contributed by atoms with Gasteiger partial charge < -0.3 is 13.7 Å². The van der Waals surface area contributed by atoms with Gasteiger partial charge in [-0.25, -0.2) is 9.97 Å². The minimum Gasteiger partial charge on any atom is -0.309 e. The summed E-state index contributed by atoms with van der Waals surface area (Å²) in [6.07, 6.45) is 0. The van der Waals surface area contributed by atoms with Gasteiger partial charge in [0.05, 0.1) is 44.5 Å². The molecule has 0 bridgehead atoms. The van der Waals surface area contributed by atoms with Gasteiger partial charge in [-0.3, -0.25) is 0 Å². The van der Waals surface area contributed by atoms with Gasteiger partial charge in [0.2, 0.25) is 0 Å². The molecule has 0 aliphatic rings. The van der Waals surface area contributed by atoms with Crippen LogP contribution in [0.15, 0.2) is 224 Å². The first-order valence-electron chi connectivity index (χ1n) is 21.4. The summed E-state index contributed by atoms with van der Waals surface area (Å²) in [7, 11) is 0. The zero-order chi connectivity index (χ0) is 41.4. The number of para-hydroxylation sites is 4. The Morgan fingerprint density at radius 2 is 0.651 bits per heavy atom. The van der Waals surface area contributed by atoms with E-state index in [9.17, 15) is 0 Å². The molecule has 0 amide bonds. The molecule has 0 saturated heterocycles. The summed E-state index contributed by atoms with van der Waals surface area (Å²) in [5.41, 5.74) is 15.2. The minimum absolute atomic E-state index is 0.690. The van der Waals surface area contributed by atoms with Crippen LogP contribution in [-0.4, -0.2) is 23.7 Å². The summed E-state index contributed by atoms with van der Waals surface area (Å²) in [6, 6.07) is 80.2. The monoisotopic (exact) mass is 803 g/mol. The zero-order valence-electron chi connectivity index (χ0n) is 34.1. The van der Waals surface area contributed by atoms with Crippen LogP contribution in [0.25, 0.3) is 116 Å². The molecule has 0 aliphatic carbocycles. The third-order valence-electron chi connectivity index (χ3n) is 12.6. The molecule has 5 nitrogen and oxygen atoms in total. The lowest BCUT2D eigenvalue weighted by molar-refractivity contribution is 1.14. The van der Waals surface area contributed by atoms with Gasteiger partial charge in [-0.2, -0.15) is 0 Å². The molecule has 0 fully saturated rings. The second-order valence-corrected chi connectivity index (χ2v) is 16.2. The van der Waals surface area contributed by atoms with E-state index in [1.807, 2.05) is 12.1 Å². The number of benzene rings is 9. The summed E-state index contributed by atoms with van der Waals surface area (Å²) in [5.74, 6) is 0.690. The molecular formula is C58H37N5. The van der Waals surface area contributed by atoms with E-state index in [0.717, 1.165) is 56.2 Å². The van der Waals surface area contributed by atoms with Crippen LogP contribution in [0, 0.1) is 0 Å². The highest BCUT2D eigenvalue weighted by Gasteiger charge is 2.23. The summed E-state index contributed by atoms with van der Waals surface area (Å²) in [6.45, 7) is 0. The quantitative estimate of drug-likeness (QED) is 0.168. The Labute approximate surface area is 363 Å². The third-order valence-corrected chi connectivity index (χ3v) is 12.6. The number of hydrogen-bond donors (Lipinski definition) is 0. The lowest BCUT2D eigenvalue weighted by Crippen LogP contribution is -1.99. The van der Waals surface area contributed by atoms with Gasteiger partial charge in [-0.1, -0.05) is 146 Å². The summed E-state index contributed by atoms with van der Waals surface area (Å²) in [4.78, 5) is 10.3. The fourth-order valence-corrected chi connectivity index (χ4v) is 9.83. The van der Waals surface area contributed by atoms with Crippen molar-refractivity contribution in [2.75, 3.05) is 0 Å². The van der Waals surface area contributed by atoms with Gasteiger partial charge in [0, 0.05) is 66.1 Å². The molecule has 0 spiro atoms. The van der Waals surface area contributed by atoms with E-state index in [1.54, 1.807) is 0 Å². The van der Waals surface area contributed by atoms with Crippen molar-refractivity contribution in [3.05, 3.63) is 224 Å². The number of aromatic nitrogens is 5. The summed E-state index contributed by atoms with van der Waals surface area (Å²) < 4.78 is 7.35. The third kappa shape index (κ3) is 5.50. The van der Waals surface area contributed by atoms with Crippen molar-refractivity contribution >= 4 is 65.4 Å². The number of rotatable bonds is 6. The van der Waals surface area contributed by atoms with Crippen LogP contribution < -0.4 is 0 Å². The molecule has 4 aromatic heterocycles. The molecule has 0 atom stereocenters. The Hall–Kier alpha value is -8.54. The molecule has 63 heavy (non-hydrogen) atoms. The van der Waals surface area contributed by atoms with Crippen molar-refractivity contribution in [2.24, 2.45) is 0 Å². The maximum absolute atomic E-state index is 5.14. The molecule has 13 rings (SSSR count). The second kappa shape index (κ2) is 14.0. The molecule has 9 aromatic carbocycles. The fourth-order valence-electron chi connectivity index (χ4n) is 9.83. The van der Waals surface area contributed by atoms with Crippen LogP contribution in [0.2, 0.25) is 0 Å². The maximum atomic E-state index is 5.14. The molecule has 5 heteroatoms. The average molecular weight is 804 g/mol. The van der Waals surface area contributed by atoms with E-state index in [-0.39, 0.29) is 0 Å². The smallest absolute Gasteiger partial charge is 0.160 e. The zero-order valence-corrected chi connectivity index (χ0v) is 34.1. The lowest BCUT2D eigenvalue weighted by atomic mass is 10.1. The van der Waals surface area contributed by atoms with Gasteiger partial charge in [-0.05, 0) is 78.9 Å².